The van der Waals surface area contributed by atoms with Crippen molar-refractivity contribution in [3.05, 3.63) is 65.2 Å². The molecule has 2 aromatic carbocycles. The first kappa shape index (κ1) is 20.5. The zero-order chi connectivity index (χ0) is 20.2. The number of nitrogens with zero attached hydrogens (tertiary/aromatic N) is 1. The molecule has 0 saturated carbocycles. The number of amides is 2. The topological polar surface area (TPSA) is 95.6 Å². The number of carbonyl (C=O) groups is 2. The van der Waals surface area contributed by atoms with Gasteiger partial charge in [0.1, 0.15) is 11.6 Å². The molecule has 0 aliphatic heterocycles. The highest BCUT2D eigenvalue weighted by atomic mass is 32.2. The normalized spacial score (nSPS) is 11.3. The van der Waals surface area contributed by atoms with Gasteiger partial charge in [0.15, 0.2) is 0 Å². The maximum Gasteiger partial charge on any atom is 0.272 e. The molecule has 0 radical (unpaired) electrons. The monoisotopic (exact) mass is 397 g/mol. The van der Waals surface area contributed by atoms with Crippen molar-refractivity contribution in [3.8, 4) is 0 Å². The molecule has 2 N–H and O–H groups in total. The Kier molecular flexibility index (Phi) is 6.24. The fourth-order valence-corrected chi connectivity index (χ4v) is 3.21. The zero-order valence-corrected chi connectivity index (χ0v) is 15.3. The quantitative estimate of drug-likeness (QED) is 0.745. The first-order chi connectivity index (χ1) is 12.6. The van der Waals surface area contributed by atoms with Crippen LogP contribution in [0.5, 0.6) is 0 Å². The lowest BCUT2D eigenvalue weighted by Crippen LogP contribution is -2.46. The van der Waals surface area contributed by atoms with Gasteiger partial charge in [-0.25, -0.2) is 17.2 Å². The van der Waals surface area contributed by atoms with Gasteiger partial charge < -0.3 is 0 Å². The molecule has 27 heavy (non-hydrogen) atoms. The second-order valence-corrected chi connectivity index (χ2v) is 7.75. The molecular weight excluding hydrogens is 380 g/mol. The van der Waals surface area contributed by atoms with E-state index in [1.165, 1.54) is 19.2 Å². The fraction of sp³-hybridized carbons (Fsp3) is 0.176. The lowest BCUT2D eigenvalue weighted by molar-refractivity contribution is -0.121. The van der Waals surface area contributed by atoms with Crippen LogP contribution >= 0.6 is 0 Å². The summed E-state index contributed by atoms with van der Waals surface area (Å²) in [6.07, 6.45) is 0. The Morgan fingerprint density at radius 3 is 2.26 bits per heavy atom. The molecule has 0 heterocycles. The molecule has 0 spiro atoms. The maximum absolute atomic E-state index is 13.5. The Labute approximate surface area is 155 Å². The van der Waals surface area contributed by atoms with Gasteiger partial charge in [-0.3, -0.25) is 20.4 Å². The minimum atomic E-state index is -3.89. The van der Waals surface area contributed by atoms with E-state index in [9.17, 15) is 26.8 Å². The zero-order valence-electron chi connectivity index (χ0n) is 14.5. The molecule has 2 aromatic rings. The Morgan fingerprint density at radius 2 is 1.67 bits per heavy atom. The third-order valence-electron chi connectivity index (χ3n) is 3.59. The Bertz CT molecular complexity index is 963. The number of aryl methyl sites for hydroxylation is 1. The summed E-state index contributed by atoms with van der Waals surface area (Å²) in [5, 5.41) is 0. The van der Waals surface area contributed by atoms with Crippen molar-refractivity contribution < 1.29 is 26.8 Å². The van der Waals surface area contributed by atoms with Gasteiger partial charge in [0.05, 0.1) is 17.0 Å². The van der Waals surface area contributed by atoms with E-state index >= 15 is 0 Å². The van der Waals surface area contributed by atoms with Crippen molar-refractivity contribution in [2.45, 2.75) is 11.8 Å². The van der Waals surface area contributed by atoms with Crippen molar-refractivity contribution in [1.82, 2.24) is 15.2 Å². The molecule has 0 aromatic heterocycles. The number of hydrazine groups is 1. The van der Waals surface area contributed by atoms with Crippen molar-refractivity contribution in [2.75, 3.05) is 13.6 Å². The molecule has 7 nitrogen and oxygen atoms in total. The number of sulfonamides is 1. The van der Waals surface area contributed by atoms with Gasteiger partial charge in [0.25, 0.3) is 11.8 Å². The standard InChI is InChI=1S/C17H17F2N3O4S/c1-11-3-6-13(7-4-11)27(25,26)22(2)10-16(23)20-21-17(24)14-8-5-12(18)9-15(14)19/h3-9H,10H2,1-2H3,(H,20,23)(H,21,24). The van der Waals surface area contributed by atoms with Crippen LogP contribution in [0.15, 0.2) is 47.4 Å². The Hall–Kier alpha value is -2.85. The fourth-order valence-electron chi connectivity index (χ4n) is 2.08. The van der Waals surface area contributed by atoms with Crippen LogP contribution in [-0.2, 0) is 14.8 Å². The highest BCUT2D eigenvalue weighted by Gasteiger charge is 2.23. The van der Waals surface area contributed by atoms with Crippen molar-refractivity contribution >= 4 is 21.8 Å². The first-order valence-electron chi connectivity index (χ1n) is 7.68. The van der Waals surface area contributed by atoms with Crippen molar-refractivity contribution in [1.29, 1.82) is 0 Å². The smallest absolute Gasteiger partial charge is 0.272 e. The number of nitrogens with one attached hydrogen (secondary N) is 2. The van der Waals surface area contributed by atoms with E-state index < -0.39 is 45.6 Å². The van der Waals surface area contributed by atoms with Gasteiger partial charge in [0, 0.05) is 13.1 Å². The summed E-state index contributed by atoms with van der Waals surface area (Å²) in [5.74, 6) is -3.80. The first-order valence-corrected chi connectivity index (χ1v) is 9.12. The van der Waals surface area contributed by atoms with Crippen LogP contribution in [0.4, 0.5) is 8.78 Å². The highest BCUT2D eigenvalue weighted by Crippen LogP contribution is 2.14. The number of benzene rings is 2. The van der Waals surface area contributed by atoms with Crippen molar-refractivity contribution in [2.24, 2.45) is 0 Å². The van der Waals surface area contributed by atoms with Gasteiger partial charge in [0.2, 0.25) is 10.0 Å². The van der Waals surface area contributed by atoms with E-state index in [1.807, 2.05) is 10.9 Å². The van der Waals surface area contributed by atoms with E-state index in [0.717, 1.165) is 22.0 Å². The van der Waals surface area contributed by atoms with Crippen LogP contribution in [-0.4, -0.2) is 38.1 Å². The molecule has 0 fully saturated rings. The summed E-state index contributed by atoms with van der Waals surface area (Å²) in [5.41, 5.74) is 4.33. The molecule has 0 saturated heterocycles. The largest absolute Gasteiger partial charge is 0.272 e. The van der Waals surface area contributed by atoms with E-state index in [2.05, 4.69) is 0 Å². The average Bonchev–Trinajstić information content (AvgIpc) is 2.60. The maximum atomic E-state index is 13.5. The third-order valence-corrected chi connectivity index (χ3v) is 5.40. The third kappa shape index (κ3) is 5.08. The SMILES string of the molecule is Cc1ccc(S(=O)(=O)N(C)CC(=O)NNC(=O)c2ccc(F)cc2F)cc1. The number of likely N-dealkylation sites (N-methyl/N-ethyl adjacent to an activating group) is 1. The number of hydrogen-bond acceptors (Lipinski definition) is 4. The van der Waals surface area contributed by atoms with E-state index in [4.69, 9.17) is 0 Å². The second-order valence-electron chi connectivity index (χ2n) is 5.70. The van der Waals surface area contributed by atoms with Crippen LogP contribution < -0.4 is 10.9 Å². The summed E-state index contributed by atoms with van der Waals surface area (Å²) in [6.45, 7) is 1.22. The van der Waals surface area contributed by atoms with E-state index in [0.29, 0.717) is 6.07 Å². The predicted octanol–water partition coefficient (Wildman–Crippen LogP) is 1.35. The van der Waals surface area contributed by atoms with E-state index in [1.54, 1.807) is 19.1 Å². The highest BCUT2D eigenvalue weighted by molar-refractivity contribution is 7.89. The number of carbonyl (C=O) groups excluding carboxylic acids is 2. The molecule has 10 heteroatoms. The molecule has 144 valence electrons. The summed E-state index contributed by atoms with van der Waals surface area (Å²) in [4.78, 5) is 23.7. The number of halogens is 2. The van der Waals surface area contributed by atoms with Gasteiger partial charge in [-0.1, -0.05) is 17.7 Å². The summed E-state index contributed by atoms with van der Waals surface area (Å²) < 4.78 is 51.9. The van der Waals surface area contributed by atoms with Crippen LogP contribution in [0.2, 0.25) is 0 Å². The molecule has 0 bridgehead atoms. The Morgan fingerprint density at radius 1 is 1.04 bits per heavy atom. The van der Waals surface area contributed by atoms with Crippen LogP contribution in [0.25, 0.3) is 0 Å². The lowest BCUT2D eigenvalue weighted by Gasteiger charge is -2.17. The molecule has 0 unspecified atom stereocenters. The van der Waals surface area contributed by atoms with Gasteiger partial charge >= 0.3 is 0 Å². The lowest BCUT2D eigenvalue weighted by atomic mass is 10.2. The van der Waals surface area contributed by atoms with Gasteiger partial charge in [-0.15, -0.1) is 0 Å². The molecule has 0 aliphatic rings. The molecule has 2 rings (SSSR count). The summed E-state index contributed by atoms with van der Waals surface area (Å²) in [7, 11) is -2.69. The van der Waals surface area contributed by atoms with Gasteiger partial charge in [-0.05, 0) is 31.2 Å². The molecular formula is C17H17F2N3O4S. The average molecular weight is 397 g/mol. The number of hydrogen-bond donors (Lipinski definition) is 2. The van der Waals surface area contributed by atoms with Crippen LogP contribution in [0, 0.1) is 18.6 Å². The Balaban J connectivity index is 1.96. The van der Waals surface area contributed by atoms with Gasteiger partial charge in [-0.2, -0.15) is 4.31 Å². The van der Waals surface area contributed by atoms with E-state index in [-0.39, 0.29) is 4.90 Å². The minimum Gasteiger partial charge on any atom is -0.272 e. The molecule has 2 amide bonds. The second kappa shape index (κ2) is 8.23. The molecule has 0 aliphatic carbocycles. The summed E-state index contributed by atoms with van der Waals surface area (Å²) in [6, 6.07) is 8.41. The summed E-state index contributed by atoms with van der Waals surface area (Å²) >= 11 is 0. The van der Waals surface area contributed by atoms with Crippen LogP contribution in [0.1, 0.15) is 15.9 Å². The van der Waals surface area contributed by atoms with Crippen molar-refractivity contribution in [3.63, 3.8) is 0 Å². The minimum absolute atomic E-state index is 0.0146. The number of rotatable bonds is 5. The molecule has 0 atom stereocenters. The van der Waals surface area contributed by atoms with Crippen LogP contribution in [0.3, 0.4) is 0 Å². The predicted molar refractivity (Wildman–Crippen MR) is 93.0 cm³/mol.